The summed E-state index contributed by atoms with van der Waals surface area (Å²) in [5, 5.41) is 1.93. The third-order valence-electron chi connectivity index (χ3n) is 3.92. The van der Waals surface area contributed by atoms with Crippen LogP contribution >= 0.6 is 0 Å². The van der Waals surface area contributed by atoms with Crippen molar-refractivity contribution in [1.82, 2.24) is 10.2 Å². The Hall–Kier alpha value is -2.66. The number of carbonyl (C=O) groups is 2. The van der Waals surface area contributed by atoms with Gasteiger partial charge in [0.05, 0.1) is 5.56 Å². The van der Waals surface area contributed by atoms with Crippen LogP contribution in [0.1, 0.15) is 5.56 Å². The maximum atomic E-state index is 12.8. The van der Waals surface area contributed by atoms with Crippen LogP contribution in [-0.4, -0.2) is 62.4 Å². The average molecular weight is 413 g/mol. The van der Waals surface area contributed by atoms with Gasteiger partial charge in [0.25, 0.3) is 0 Å². The topological polar surface area (TPSA) is 61.9 Å². The van der Waals surface area contributed by atoms with Gasteiger partial charge in [-0.3, -0.25) is 4.79 Å². The maximum Gasteiger partial charge on any atom is 0.422 e. The number of benzene rings is 1. The van der Waals surface area contributed by atoms with Gasteiger partial charge in [0.15, 0.2) is 6.61 Å². The fraction of sp³-hybridized carbons (Fsp3) is 0.500. The van der Waals surface area contributed by atoms with Gasteiger partial charge in [-0.05, 0) is 18.2 Å². The van der Waals surface area contributed by atoms with Crippen LogP contribution in [0.3, 0.4) is 0 Å². The fourth-order valence-corrected chi connectivity index (χ4v) is 2.55. The number of hydrogen-bond donors (Lipinski definition) is 1. The lowest BCUT2D eigenvalue weighted by atomic mass is 10.1. The van der Waals surface area contributed by atoms with Gasteiger partial charge >= 0.3 is 18.4 Å². The number of piperazine rings is 1. The van der Waals surface area contributed by atoms with Crippen molar-refractivity contribution in [1.29, 1.82) is 0 Å². The Kier molecular flexibility index (Phi) is 6.62. The summed E-state index contributed by atoms with van der Waals surface area (Å²) in [6.07, 6.45) is -10.5. The second-order valence-corrected chi connectivity index (χ2v) is 5.96. The van der Waals surface area contributed by atoms with Crippen molar-refractivity contribution in [2.45, 2.75) is 12.4 Å². The fourth-order valence-electron chi connectivity index (χ4n) is 2.55. The van der Waals surface area contributed by atoms with Crippen molar-refractivity contribution in [2.24, 2.45) is 0 Å². The smallest absolute Gasteiger partial charge is 0.422 e. The van der Waals surface area contributed by atoms with Gasteiger partial charge < -0.3 is 19.9 Å². The lowest BCUT2D eigenvalue weighted by molar-refractivity contribution is -0.160. The molecule has 2 amide bonds. The molecule has 0 atom stereocenters. The first-order valence-electron chi connectivity index (χ1n) is 8.13. The predicted molar refractivity (Wildman–Crippen MR) is 85.6 cm³/mol. The number of rotatable bonds is 4. The van der Waals surface area contributed by atoms with E-state index >= 15 is 0 Å². The van der Waals surface area contributed by atoms with Gasteiger partial charge in [0, 0.05) is 31.9 Å². The van der Waals surface area contributed by atoms with E-state index in [1.165, 1.54) is 17.0 Å². The van der Waals surface area contributed by atoms with Crippen LogP contribution in [0.15, 0.2) is 24.3 Å². The van der Waals surface area contributed by atoms with Crippen LogP contribution in [0.5, 0.6) is 0 Å². The summed E-state index contributed by atoms with van der Waals surface area (Å²) in [6.45, 7) is -1.39. The summed E-state index contributed by atoms with van der Waals surface area (Å²) < 4.78 is 78.1. The van der Waals surface area contributed by atoms with Crippen molar-refractivity contribution >= 4 is 17.7 Å². The minimum absolute atomic E-state index is 0.189. The Morgan fingerprint density at radius 3 is 2.25 bits per heavy atom. The SMILES string of the molecule is O=C(NCC(=O)N1CCN(c2cccc(C(F)(F)F)c2)CC1)OCC(F)(F)F. The van der Waals surface area contributed by atoms with Gasteiger partial charge in [-0.1, -0.05) is 6.07 Å². The molecule has 1 aromatic carbocycles. The number of carbonyl (C=O) groups excluding carboxylic acids is 2. The number of alkyl carbamates (subject to hydrolysis) is 1. The van der Waals surface area contributed by atoms with E-state index < -0.39 is 43.1 Å². The number of ether oxygens (including phenoxy) is 1. The molecular weight excluding hydrogens is 396 g/mol. The quantitative estimate of drug-likeness (QED) is 0.772. The molecule has 0 spiro atoms. The van der Waals surface area contributed by atoms with Crippen LogP contribution in [0.2, 0.25) is 0 Å². The zero-order chi connectivity index (χ0) is 20.9. The second kappa shape index (κ2) is 8.57. The van der Waals surface area contributed by atoms with Crippen LogP contribution in [0.4, 0.5) is 36.8 Å². The molecule has 12 heteroatoms. The number of halogens is 6. The third-order valence-corrected chi connectivity index (χ3v) is 3.92. The van der Waals surface area contributed by atoms with Gasteiger partial charge in [-0.25, -0.2) is 4.79 Å². The molecule has 1 saturated heterocycles. The molecule has 1 aliphatic rings. The lowest BCUT2D eigenvalue weighted by Gasteiger charge is -2.36. The minimum Gasteiger partial charge on any atom is -0.440 e. The van der Waals surface area contributed by atoms with Crippen LogP contribution in [0.25, 0.3) is 0 Å². The summed E-state index contributed by atoms with van der Waals surface area (Å²) in [5.41, 5.74) is -0.402. The van der Waals surface area contributed by atoms with E-state index in [1.807, 2.05) is 5.32 Å². The molecule has 6 nitrogen and oxygen atoms in total. The van der Waals surface area contributed by atoms with Gasteiger partial charge in [-0.2, -0.15) is 26.3 Å². The molecule has 2 rings (SSSR count). The summed E-state index contributed by atoms with van der Waals surface area (Å²) in [5.74, 6) is -0.535. The van der Waals surface area contributed by atoms with Crippen molar-refractivity contribution < 1.29 is 40.7 Å². The van der Waals surface area contributed by atoms with E-state index in [4.69, 9.17) is 0 Å². The van der Waals surface area contributed by atoms with E-state index in [9.17, 15) is 35.9 Å². The molecule has 0 aliphatic carbocycles. The Balaban J connectivity index is 1.80. The Bertz CT molecular complexity index is 700. The average Bonchev–Trinajstić information content (AvgIpc) is 2.63. The molecule has 156 valence electrons. The number of amides is 2. The molecule has 1 fully saturated rings. The predicted octanol–water partition coefficient (Wildman–Crippen LogP) is 2.64. The molecule has 1 N–H and O–H groups in total. The van der Waals surface area contributed by atoms with Crippen molar-refractivity contribution in [3.63, 3.8) is 0 Å². The monoisotopic (exact) mass is 413 g/mol. The van der Waals surface area contributed by atoms with E-state index in [0.29, 0.717) is 5.69 Å². The normalized spacial score (nSPS) is 15.4. The highest BCUT2D eigenvalue weighted by Gasteiger charge is 2.32. The molecule has 0 radical (unpaired) electrons. The number of hydrogen-bond acceptors (Lipinski definition) is 4. The number of nitrogens with zero attached hydrogens (tertiary/aromatic N) is 2. The number of anilines is 1. The standard InChI is InChI=1S/C16H17F6N3O3/c17-15(18,19)10-28-14(27)23-9-13(26)25-6-4-24(5-7-25)12-3-1-2-11(8-12)16(20,21)22/h1-3,8H,4-7,9-10H2,(H,23,27). The molecule has 1 aliphatic heterocycles. The van der Waals surface area contributed by atoms with Crippen molar-refractivity contribution in [3.05, 3.63) is 29.8 Å². The van der Waals surface area contributed by atoms with Crippen molar-refractivity contribution in [3.8, 4) is 0 Å². The van der Waals surface area contributed by atoms with E-state index in [1.54, 1.807) is 4.90 Å². The molecule has 0 saturated carbocycles. The van der Waals surface area contributed by atoms with Crippen LogP contribution < -0.4 is 10.2 Å². The molecule has 1 heterocycles. The van der Waals surface area contributed by atoms with Gasteiger partial charge in [0.2, 0.25) is 5.91 Å². The maximum absolute atomic E-state index is 12.8. The summed E-state index contributed by atoms with van der Waals surface area (Å²) in [4.78, 5) is 26.2. The zero-order valence-corrected chi connectivity index (χ0v) is 14.4. The van der Waals surface area contributed by atoms with Crippen LogP contribution in [0, 0.1) is 0 Å². The molecule has 0 unspecified atom stereocenters. The molecular formula is C16H17F6N3O3. The Labute approximate surface area is 156 Å². The molecule has 28 heavy (non-hydrogen) atoms. The lowest BCUT2D eigenvalue weighted by Crippen LogP contribution is -2.51. The van der Waals surface area contributed by atoms with Gasteiger partial charge in [-0.15, -0.1) is 0 Å². The Morgan fingerprint density at radius 2 is 1.68 bits per heavy atom. The first-order chi connectivity index (χ1) is 13.0. The highest BCUT2D eigenvalue weighted by Crippen LogP contribution is 2.31. The zero-order valence-electron chi connectivity index (χ0n) is 14.4. The van der Waals surface area contributed by atoms with Gasteiger partial charge in [0.1, 0.15) is 6.54 Å². The van der Waals surface area contributed by atoms with E-state index in [-0.39, 0.29) is 26.2 Å². The van der Waals surface area contributed by atoms with Crippen LogP contribution in [-0.2, 0) is 15.7 Å². The summed E-state index contributed by atoms with van der Waals surface area (Å²) in [6, 6.07) is 4.82. The summed E-state index contributed by atoms with van der Waals surface area (Å²) in [7, 11) is 0. The molecule has 1 aromatic rings. The van der Waals surface area contributed by atoms with Crippen molar-refractivity contribution in [2.75, 3.05) is 44.2 Å². The third kappa shape index (κ3) is 6.50. The highest BCUT2D eigenvalue weighted by molar-refractivity contribution is 5.82. The first-order valence-corrected chi connectivity index (χ1v) is 8.13. The second-order valence-electron chi connectivity index (χ2n) is 5.96. The number of nitrogens with one attached hydrogen (secondary N) is 1. The highest BCUT2D eigenvalue weighted by atomic mass is 19.4. The minimum atomic E-state index is -4.67. The largest absolute Gasteiger partial charge is 0.440 e. The number of alkyl halides is 6. The molecule has 0 aromatic heterocycles. The Morgan fingerprint density at radius 1 is 1.04 bits per heavy atom. The summed E-state index contributed by atoms with van der Waals surface area (Å²) >= 11 is 0. The molecule has 0 bridgehead atoms. The van der Waals surface area contributed by atoms with E-state index in [2.05, 4.69) is 4.74 Å². The van der Waals surface area contributed by atoms with E-state index in [0.717, 1.165) is 12.1 Å². The first kappa shape index (κ1) is 21.6.